The molecular weight excluding hydrogens is 406 g/mol. The van der Waals surface area contributed by atoms with E-state index in [1.807, 2.05) is 4.90 Å². The Kier molecular flexibility index (Phi) is 5.97. The van der Waals surface area contributed by atoms with Gasteiger partial charge in [0.1, 0.15) is 5.82 Å². The summed E-state index contributed by atoms with van der Waals surface area (Å²) in [5.41, 5.74) is 3.20. The largest absolute Gasteiger partial charge is 0.343 e. The number of hydrogen-bond donors (Lipinski definition) is 1. The molecule has 2 heterocycles. The normalized spacial score (nSPS) is 14.1. The summed E-state index contributed by atoms with van der Waals surface area (Å²) in [5.74, 6) is 0.844. The van der Waals surface area contributed by atoms with Crippen LogP contribution >= 0.6 is 23.1 Å². The zero-order chi connectivity index (χ0) is 20.2. The Hall–Kier alpha value is -2.64. The molecule has 4 rings (SSSR count). The molecule has 0 unspecified atom stereocenters. The minimum atomic E-state index is -0.0932. The molecule has 3 aromatic rings. The van der Waals surface area contributed by atoms with Crippen LogP contribution in [0.15, 0.2) is 48.5 Å². The maximum Gasteiger partial charge on any atom is 0.321 e. The number of aryl methyl sites for hydroxylation is 1. The van der Waals surface area contributed by atoms with Crippen molar-refractivity contribution in [3.63, 3.8) is 0 Å². The minimum Gasteiger partial charge on any atom is -0.343 e. The fourth-order valence-corrected chi connectivity index (χ4v) is 4.03. The lowest BCUT2D eigenvalue weighted by atomic mass is 10.1. The Morgan fingerprint density at radius 1 is 1.07 bits per heavy atom. The highest BCUT2D eigenvalue weighted by Crippen LogP contribution is 2.21. The zero-order valence-electron chi connectivity index (χ0n) is 16.1. The van der Waals surface area contributed by atoms with Crippen LogP contribution in [0.1, 0.15) is 17.0 Å². The predicted octanol–water partition coefficient (Wildman–Crippen LogP) is 4.44. The maximum absolute atomic E-state index is 12.5. The maximum atomic E-state index is 12.5. The Morgan fingerprint density at radius 2 is 1.76 bits per heavy atom. The quantitative estimate of drug-likeness (QED) is 0.668. The molecule has 2 aromatic carbocycles. The van der Waals surface area contributed by atoms with Crippen LogP contribution < -0.4 is 10.2 Å². The second-order valence-corrected chi connectivity index (χ2v) is 8.23. The molecule has 0 radical (unpaired) electrons. The summed E-state index contributed by atoms with van der Waals surface area (Å²) in [7, 11) is 0. The van der Waals surface area contributed by atoms with E-state index in [4.69, 9.17) is 16.6 Å². The third-order valence-corrected chi connectivity index (χ3v) is 5.94. The van der Waals surface area contributed by atoms with Gasteiger partial charge >= 0.3 is 6.03 Å². The second kappa shape index (κ2) is 8.80. The van der Waals surface area contributed by atoms with Crippen LogP contribution in [0, 0.1) is 6.92 Å². The van der Waals surface area contributed by atoms with E-state index >= 15 is 0 Å². The number of rotatable bonds is 4. The molecule has 0 spiro atoms. The lowest BCUT2D eigenvalue weighted by Crippen LogP contribution is -2.50. The van der Waals surface area contributed by atoms with E-state index in [1.54, 1.807) is 24.3 Å². The van der Waals surface area contributed by atoms with Crippen molar-refractivity contribution in [2.45, 2.75) is 13.3 Å². The highest BCUT2D eigenvalue weighted by atomic mass is 35.5. The molecule has 29 heavy (non-hydrogen) atoms. The molecular formula is C21H22ClN5OS. The van der Waals surface area contributed by atoms with Gasteiger partial charge in [0.15, 0.2) is 0 Å². The summed E-state index contributed by atoms with van der Waals surface area (Å²) >= 11 is 7.31. The Balaban J connectivity index is 1.30. The molecule has 1 aliphatic rings. The van der Waals surface area contributed by atoms with Crippen LogP contribution in [-0.2, 0) is 6.42 Å². The summed E-state index contributed by atoms with van der Waals surface area (Å²) in [6, 6.07) is 15.5. The van der Waals surface area contributed by atoms with E-state index < -0.39 is 0 Å². The number of amides is 2. The van der Waals surface area contributed by atoms with Gasteiger partial charge in [-0.1, -0.05) is 41.4 Å². The summed E-state index contributed by atoms with van der Waals surface area (Å²) in [4.78, 5) is 21.2. The topological polar surface area (TPSA) is 61.4 Å². The van der Waals surface area contributed by atoms with Gasteiger partial charge in [-0.05, 0) is 36.8 Å². The molecule has 1 aliphatic heterocycles. The van der Waals surface area contributed by atoms with Gasteiger partial charge in [0.2, 0.25) is 5.13 Å². The molecule has 1 fully saturated rings. The van der Waals surface area contributed by atoms with E-state index in [0.29, 0.717) is 18.1 Å². The van der Waals surface area contributed by atoms with Crippen LogP contribution in [-0.4, -0.2) is 46.5 Å². The monoisotopic (exact) mass is 427 g/mol. The lowest BCUT2D eigenvalue weighted by molar-refractivity contribution is 0.208. The van der Waals surface area contributed by atoms with Gasteiger partial charge in [-0.15, -0.1) is 0 Å². The van der Waals surface area contributed by atoms with Gasteiger partial charge in [-0.3, -0.25) is 0 Å². The van der Waals surface area contributed by atoms with Crippen molar-refractivity contribution in [2.75, 3.05) is 36.4 Å². The standard InChI is InChI=1S/C21H22ClN5OS/c1-15-2-4-16(5-3-15)14-19-24-21(29-25-19)27-12-10-26(11-13-27)20(28)23-18-8-6-17(22)7-9-18/h2-9H,10-14H2,1H3,(H,23,28). The summed E-state index contributed by atoms with van der Waals surface area (Å²) < 4.78 is 4.51. The number of nitrogens with one attached hydrogen (secondary N) is 1. The third-order valence-electron chi connectivity index (χ3n) is 4.87. The first-order valence-electron chi connectivity index (χ1n) is 9.51. The van der Waals surface area contributed by atoms with Gasteiger partial charge < -0.3 is 15.1 Å². The van der Waals surface area contributed by atoms with Crippen molar-refractivity contribution >= 4 is 40.0 Å². The van der Waals surface area contributed by atoms with Gasteiger partial charge in [-0.25, -0.2) is 9.78 Å². The van der Waals surface area contributed by atoms with Gasteiger partial charge in [0.25, 0.3) is 0 Å². The van der Waals surface area contributed by atoms with Crippen molar-refractivity contribution in [1.82, 2.24) is 14.3 Å². The summed E-state index contributed by atoms with van der Waals surface area (Å²) in [6.45, 7) is 4.86. The first kappa shape index (κ1) is 19.7. The zero-order valence-corrected chi connectivity index (χ0v) is 17.7. The smallest absolute Gasteiger partial charge is 0.321 e. The van der Waals surface area contributed by atoms with E-state index in [1.165, 1.54) is 22.7 Å². The van der Waals surface area contributed by atoms with E-state index in [0.717, 1.165) is 36.2 Å². The van der Waals surface area contributed by atoms with Crippen molar-refractivity contribution in [1.29, 1.82) is 0 Å². The van der Waals surface area contributed by atoms with E-state index in [9.17, 15) is 4.79 Å². The molecule has 6 nitrogen and oxygen atoms in total. The number of hydrogen-bond acceptors (Lipinski definition) is 5. The molecule has 1 N–H and O–H groups in total. The molecule has 150 valence electrons. The third kappa shape index (κ3) is 5.05. The first-order chi connectivity index (χ1) is 14.1. The van der Waals surface area contributed by atoms with Crippen molar-refractivity contribution in [3.8, 4) is 0 Å². The number of halogens is 1. The minimum absolute atomic E-state index is 0.0932. The fraction of sp³-hybridized carbons (Fsp3) is 0.286. The molecule has 0 saturated carbocycles. The van der Waals surface area contributed by atoms with Crippen LogP contribution in [0.25, 0.3) is 0 Å². The van der Waals surface area contributed by atoms with E-state index in [2.05, 4.69) is 45.8 Å². The van der Waals surface area contributed by atoms with Crippen molar-refractivity contribution in [3.05, 3.63) is 70.5 Å². The van der Waals surface area contributed by atoms with Gasteiger partial charge in [0, 0.05) is 54.8 Å². The summed E-state index contributed by atoms with van der Waals surface area (Å²) in [6.07, 6.45) is 0.736. The molecule has 8 heteroatoms. The number of benzene rings is 2. The van der Waals surface area contributed by atoms with Crippen LogP contribution in [0.5, 0.6) is 0 Å². The molecule has 0 bridgehead atoms. The SMILES string of the molecule is Cc1ccc(Cc2nsc(N3CCN(C(=O)Nc4ccc(Cl)cc4)CC3)n2)cc1. The molecule has 2 amide bonds. The number of nitrogens with zero attached hydrogens (tertiary/aromatic N) is 4. The number of anilines is 2. The highest BCUT2D eigenvalue weighted by Gasteiger charge is 2.23. The second-order valence-electron chi connectivity index (χ2n) is 7.07. The molecule has 0 aliphatic carbocycles. The highest BCUT2D eigenvalue weighted by molar-refractivity contribution is 7.09. The van der Waals surface area contributed by atoms with Gasteiger partial charge in [-0.2, -0.15) is 4.37 Å². The average Bonchev–Trinajstić information content (AvgIpc) is 3.20. The molecule has 1 aromatic heterocycles. The number of carbonyl (C=O) groups is 1. The Labute approximate surface area is 179 Å². The Morgan fingerprint density at radius 3 is 2.45 bits per heavy atom. The van der Waals surface area contributed by atoms with Crippen LogP contribution in [0.3, 0.4) is 0 Å². The van der Waals surface area contributed by atoms with Crippen molar-refractivity contribution < 1.29 is 4.79 Å². The first-order valence-corrected chi connectivity index (χ1v) is 10.7. The predicted molar refractivity (Wildman–Crippen MR) is 118 cm³/mol. The number of urea groups is 1. The lowest BCUT2D eigenvalue weighted by Gasteiger charge is -2.34. The number of carbonyl (C=O) groups excluding carboxylic acids is 1. The van der Waals surface area contributed by atoms with Crippen molar-refractivity contribution in [2.24, 2.45) is 0 Å². The average molecular weight is 428 g/mol. The van der Waals surface area contributed by atoms with Crippen LogP contribution in [0.4, 0.5) is 15.6 Å². The fourth-order valence-electron chi connectivity index (χ4n) is 3.17. The molecule has 1 saturated heterocycles. The van der Waals surface area contributed by atoms with Crippen LogP contribution in [0.2, 0.25) is 5.02 Å². The molecule has 0 atom stereocenters. The van der Waals surface area contributed by atoms with Gasteiger partial charge in [0.05, 0.1) is 0 Å². The summed E-state index contributed by atoms with van der Waals surface area (Å²) in [5, 5.41) is 4.48. The Bertz CT molecular complexity index is 965. The number of aromatic nitrogens is 2. The van der Waals surface area contributed by atoms with E-state index in [-0.39, 0.29) is 6.03 Å². The number of piperazine rings is 1.